The Morgan fingerprint density at radius 3 is 2.61 bits per heavy atom. The number of amides is 3. The predicted molar refractivity (Wildman–Crippen MR) is 158 cm³/mol. The van der Waals surface area contributed by atoms with Crippen LogP contribution in [-0.4, -0.2) is 82.0 Å². The van der Waals surface area contributed by atoms with Gasteiger partial charge in [0.15, 0.2) is 5.60 Å². The molecule has 1 aromatic carbocycles. The highest BCUT2D eigenvalue weighted by Crippen LogP contribution is 2.42. The number of nitrogens with one attached hydrogen (secondary N) is 2. The average Bonchev–Trinajstić information content (AvgIpc) is 3.77. The van der Waals surface area contributed by atoms with Crippen LogP contribution in [0.1, 0.15) is 60.3 Å². The fourth-order valence-electron chi connectivity index (χ4n) is 5.80. The highest BCUT2D eigenvalue weighted by Gasteiger charge is 2.43. The summed E-state index contributed by atoms with van der Waals surface area (Å²) in [7, 11) is 1.61. The van der Waals surface area contributed by atoms with Crippen molar-refractivity contribution in [1.29, 1.82) is 0 Å². The molecule has 1 saturated heterocycles. The molecule has 10 heteroatoms. The van der Waals surface area contributed by atoms with Crippen molar-refractivity contribution in [2.75, 3.05) is 56.4 Å². The number of rotatable bonds is 13. The van der Waals surface area contributed by atoms with E-state index in [9.17, 15) is 14.4 Å². The molecule has 4 rings (SSSR count). The van der Waals surface area contributed by atoms with Crippen LogP contribution in [0.5, 0.6) is 5.75 Å². The maximum absolute atomic E-state index is 14.0. The lowest BCUT2D eigenvalue weighted by Crippen LogP contribution is -2.53. The summed E-state index contributed by atoms with van der Waals surface area (Å²) in [6.07, 6.45) is 3.19. The minimum Gasteiger partial charge on any atom is -0.476 e. The van der Waals surface area contributed by atoms with Crippen molar-refractivity contribution in [3.63, 3.8) is 0 Å². The second-order valence-electron chi connectivity index (χ2n) is 12.4. The maximum Gasteiger partial charge on any atom is 0.270 e. The molecule has 0 aromatic heterocycles. The number of carbonyl (C=O) groups excluding carboxylic acids is 3. The average molecular weight is 573 g/mol. The number of hydrogen-bond acceptors (Lipinski definition) is 7. The van der Waals surface area contributed by atoms with Crippen molar-refractivity contribution < 1.29 is 28.6 Å². The molecule has 2 fully saturated rings. The van der Waals surface area contributed by atoms with Crippen LogP contribution >= 0.6 is 0 Å². The molecule has 2 heterocycles. The first-order valence-corrected chi connectivity index (χ1v) is 15.1. The standard InChI is InChI=1S/C31H48N4O6/c1-7-40-19-23(14-20(2)3)33-28(36)21-15-22(18-32-17-21)29(37)35(24-8-9-24)25-10-11-27-26(16-25)34(12-13-39-6)30(38)31(4,5)41-27/h10-11,16,20-24,32H,7-9,12-15,17-19H2,1-6H3,(H,33,36). The first kappa shape index (κ1) is 31.3. The molecule has 0 spiro atoms. The quantitative estimate of drug-likeness (QED) is 0.374. The summed E-state index contributed by atoms with van der Waals surface area (Å²) in [4.78, 5) is 44.1. The largest absolute Gasteiger partial charge is 0.476 e. The van der Waals surface area contributed by atoms with E-state index in [1.165, 1.54) is 0 Å². The Morgan fingerprint density at radius 2 is 1.95 bits per heavy atom. The van der Waals surface area contributed by atoms with E-state index < -0.39 is 5.60 Å². The first-order valence-electron chi connectivity index (χ1n) is 15.1. The summed E-state index contributed by atoms with van der Waals surface area (Å²) in [6, 6.07) is 5.71. The SMILES string of the molecule is CCOCC(CC(C)C)NC(=O)C1CNCC(C(=O)N(c2ccc3c(c2)N(CCOC)C(=O)C(C)(C)O3)C2CC2)C1. The topological polar surface area (TPSA) is 109 Å². The third-order valence-electron chi connectivity index (χ3n) is 8.00. The van der Waals surface area contributed by atoms with Gasteiger partial charge in [0.25, 0.3) is 5.91 Å². The van der Waals surface area contributed by atoms with E-state index in [1.54, 1.807) is 25.9 Å². The van der Waals surface area contributed by atoms with Gasteiger partial charge in [-0.15, -0.1) is 0 Å². The summed E-state index contributed by atoms with van der Waals surface area (Å²) >= 11 is 0. The third kappa shape index (κ3) is 7.59. The van der Waals surface area contributed by atoms with Gasteiger partial charge < -0.3 is 34.6 Å². The fraction of sp³-hybridized carbons (Fsp3) is 0.710. The molecule has 1 aromatic rings. The first-order chi connectivity index (χ1) is 19.6. The Morgan fingerprint density at radius 1 is 1.22 bits per heavy atom. The van der Waals surface area contributed by atoms with Crippen molar-refractivity contribution >= 4 is 29.1 Å². The molecular weight excluding hydrogens is 524 g/mol. The monoisotopic (exact) mass is 572 g/mol. The number of fused-ring (bicyclic) bond motifs is 1. The lowest BCUT2D eigenvalue weighted by molar-refractivity contribution is -0.133. The van der Waals surface area contributed by atoms with Gasteiger partial charge in [-0.1, -0.05) is 13.8 Å². The Kier molecular flexibility index (Phi) is 10.3. The van der Waals surface area contributed by atoms with E-state index in [0.717, 1.165) is 24.9 Å². The van der Waals surface area contributed by atoms with Crippen LogP contribution < -0.4 is 25.2 Å². The van der Waals surface area contributed by atoms with Crippen molar-refractivity contribution in [3.8, 4) is 5.75 Å². The molecule has 1 aliphatic carbocycles. The summed E-state index contributed by atoms with van der Waals surface area (Å²) in [5.41, 5.74) is 0.399. The molecule has 2 N–H and O–H groups in total. The third-order valence-corrected chi connectivity index (χ3v) is 8.00. The number of ether oxygens (including phenoxy) is 3. The van der Waals surface area contributed by atoms with Crippen molar-refractivity contribution in [3.05, 3.63) is 18.2 Å². The van der Waals surface area contributed by atoms with E-state index in [2.05, 4.69) is 24.5 Å². The second-order valence-corrected chi connectivity index (χ2v) is 12.4. The highest BCUT2D eigenvalue weighted by atomic mass is 16.5. The number of hydrogen-bond donors (Lipinski definition) is 2. The molecule has 0 bridgehead atoms. The number of piperidine rings is 1. The van der Waals surface area contributed by atoms with Crippen LogP contribution in [0, 0.1) is 17.8 Å². The lowest BCUT2D eigenvalue weighted by Gasteiger charge is -2.39. The van der Waals surface area contributed by atoms with E-state index in [0.29, 0.717) is 63.2 Å². The molecule has 1 saturated carbocycles. The highest BCUT2D eigenvalue weighted by molar-refractivity contribution is 6.04. The summed E-state index contributed by atoms with van der Waals surface area (Å²) in [5.74, 6) is 0.256. The minimum absolute atomic E-state index is 0.0114. The summed E-state index contributed by atoms with van der Waals surface area (Å²) in [6.45, 7) is 12.7. The van der Waals surface area contributed by atoms with Crippen molar-refractivity contribution in [2.45, 2.75) is 78.0 Å². The van der Waals surface area contributed by atoms with Crippen LogP contribution in [0.3, 0.4) is 0 Å². The number of methoxy groups -OCH3 is 1. The van der Waals surface area contributed by atoms with Crippen LogP contribution in [0.2, 0.25) is 0 Å². The normalized spacial score (nSPS) is 22.6. The van der Waals surface area contributed by atoms with Gasteiger partial charge in [-0.25, -0.2) is 0 Å². The van der Waals surface area contributed by atoms with Crippen molar-refractivity contribution in [1.82, 2.24) is 10.6 Å². The van der Waals surface area contributed by atoms with Gasteiger partial charge in [0.05, 0.1) is 36.8 Å². The predicted octanol–water partition coefficient (Wildman–Crippen LogP) is 3.13. The molecule has 10 nitrogen and oxygen atoms in total. The van der Waals surface area contributed by atoms with Gasteiger partial charge in [0.1, 0.15) is 5.75 Å². The Balaban J connectivity index is 1.51. The number of benzene rings is 1. The molecule has 3 aliphatic rings. The fourth-order valence-corrected chi connectivity index (χ4v) is 5.80. The zero-order chi connectivity index (χ0) is 29.7. The lowest BCUT2D eigenvalue weighted by atomic mass is 9.88. The molecule has 41 heavy (non-hydrogen) atoms. The Labute approximate surface area is 244 Å². The molecule has 3 atom stereocenters. The zero-order valence-corrected chi connectivity index (χ0v) is 25.5. The Bertz CT molecular complexity index is 1090. The van der Waals surface area contributed by atoms with Crippen LogP contribution in [0.4, 0.5) is 11.4 Å². The second kappa shape index (κ2) is 13.5. The minimum atomic E-state index is -0.992. The van der Waals surface area contributed by atoms with E-state index in [-0.39, 0.29) is 41.6 Å². The van der Waals surface area contributed by atoms with Crippen LogP contribution in [0.15, 0.2) is 18.2 Å². The zero-order valence-electron chi connectivity index (χ0n) is 25.5. The van der Waals surface area contributed by atoms with Crippen LogP contribution in [0.25, 0.3) is 0 Å². The summed E-state index contributed by atoms with van der Waals surface area (Å²) < 4.78 is 16.9. The number of anilines is 2. The summed E-state index contributed by atoms with van der Waals surface area (Å²) in [5, 5.41) is 6.52. The smallest absolute Gasteiger partial charge is 0.270 e. The van der Waals surface area contributed by atoms with Gasteiger partial charge >= 0.3 is 0 Å². The molecule has 0 radical (unpaired) electrons. The van der Waals surface area contributed by atoms with Crippen molar-refractivity contribution in [2.24, 2.45) is 17.8 Å². The number of nitrogens with zero attached hydrogens (tertiary/aromatic N) is 2. The van der Waals surface area contributed by atoms with Gasteiger partial charge in [0, 0.05) is 45.1 Å². The van der Waals surface area contributed by atoms with Gasteiger partial charge in [-0.2, -0.15) is 0 Å². The Hall–Kier alpha value is -2.69. The molecular formula is C31H48N4O6. The molecule has 228 valence electrons. The number of carbonyl (C=O) groups is 3. The molecule has 3 unspecified atom stereocenters. The van der Waals surface area contributed by atoms with Gasteiger partial charge in [-0.05, 0) is 70.6 Å². The van der Waals surface area contributed by atoms with Gasteiger partial charge in [-0.3, -0.25) is 14.4 Å². The molecule has 2 aliphatic heterocycles. The molecule has 3 amide bonds. The van der Waals surface area contributed by atoms with Crippen LogP contribution in [-0.2, 0) is 23.9 Å². The maximum atomic E-state index is 14.0. The van der Waals surface area contributed by atoms with E-state index in [4.69, 9.17) is 14.2 Å². The van der Waals surface area contributed by atoms with E-state index >= 15 is 0 Å². The van der Waals surface area contributed by atoms with E-state index in [1.807, 2.05) is 30.0 Å². The van der Waals surface area contributed by atoms with Gasteiger partial charge in [0.2, 0.25) is 11.8 Å².